The molecule has 0 bridgehead atoms. The number of rotatable bonds is 7. The number of morpholine rings is 1. The van der Waals surface area contributed by atoms with E-state index in [9.17, 15) is 0 Å². The van der Waals surface area contributed by atoms with Crippen molar-refractivity contribution >= 4 is 0 Å². The number of ether oxygens (including phenoxy) is 1. The van der Waals surface area contributed by atoms with Gasteiger partial charge in [0.1, 0.15) is 0 Å². The minimum absolute atomic E-state index is 0.795. The Hall–Kier alpha value is -0.900. The molecule has 0 amide bonds. The SMILES string of the molecule is CCN(CC)Cc1ccc(C2CC(CN3CCOCC3)C2)cc1. The second-order valence-corrected chi connectivity index (χ2v) is 7.15. The lowest BCUT2D eigenvalue weighted by Gasteiger charge is -2.40. The van der Waals surface area contributed by atoms with Crippen LogP contribution in [-0.4, -0.2) is 55.7 Å². The molecule has 1 aliphatic carbocycles. The van der Waals surface area contributed by atoms with E-state index in [-0.39, 0.29) is 0 Å². The molecule has 128 valence electrons. The summed E-state index contributed by atoms with van der Waals surface area (Å²) in [5.74, 6) is 1.69. The van der Waals surface area contributed by atoms with Gasteiger partial charge < -0.3 is 4.74 Å². The molecule has 23 heavy (non-hydrogen) atoms. The molecule has 0 N–H and O–H groups in total. The molecule has 1 aliphatic heterocycles. The lowest BCUT2D eigenvalue weighted by Crippen LogP contribution is -2.42. The third-order valence-corrected chi connectivity index (χ3v) is 5.61. The highest BCUT2D eigenvalue weighted by Gasteiger charge is 2.31. The highest BCUT2D eigenvalue weighted by molar-refractivity contribution is 5.27. The molecular formula is C20H32N2O. The van der Waals surface area contributed by atoms with E-state index >= 15 is 0 Å². The van der Waals surface area contributed by atoms with E-state index in [0.29, 0.717) is 0 Å². The Morgan fingerprint density at radius 3 is 2.30 bits per heavy atom. The van der Waals surface area contributed by atoms with Crippen molar-refractivity contribution in [3.8, 4) is 0 Å². The first-order valence-electron chi connectivity index (χ1n) is 9.39. The molecule has 3 heteroatoms. The van der Waals surface area contributed by atoms with Crippen molar-refractivity contribution in [2.24, 2.45) is 5.92 Å². The Labute approximate surface area is 141 Å². The first kappa shape index (κ1) is 16.9. The summed E-state index contributed by atoms with van der Waals surface area (Å²) in [5.41, 5.74) is 2.99. The van der Waals surface area contributed by atoms with Gasteiger partial charge in [0.2, 0.25) is 0 Å². The topological polar surface area (TPSA) is 15.7 Å². The van der Waals surface area contributed by atoms with Gasteiger partial charge in [-0.15, -0.1) is 0 Å². The number of benzene rings is 1. The van der Waals surface area contributed by atoms with Crippen molar-refractivity contribution in [1.29, 1.82) is 0 Å². The van der Waals surface area contributed by atoms with Crippen LogP contribution >= 0.6 is 0 Å². The highest BCUT2D eigenvalue weighted by atomic mass is 16.5. The lowest BCUT2D eigenvalue weighted by atomic mass is 9.71. The van der Waals surface area contributed by atoms with E-state index < -0.39 is 0 Å². The molecule has 1 aromatic rings. The van der Waals surface area contributed by atoms with E-state index in [0.717, 1.165) is 57.8 Å². The summed E-state index contributed by atoms with van der Waals surface area (Å²) in [6, 6.07) is 9.41. The Balaban J connectivity index is 1.44. The van der Waals surface area contributed by atoms with Crippen molar-refractivity contribution in [2.75, 3.05) is 45.9 Å². The van der Waals surface area contributed by atoms with Crippen molar-refractivity contribution in [1.82, 2.24) is 9.80 Å². The van der Waals surface area contributed by atoms with Gasteiger partial charge >= 0.3 is 0 Å². The van der Waals surface area contributed by atoms with Crippen LogP contribution in [0.2, 0.25) is 0 Å². The summed E-state index contributed by atoms with van der Waals surface area (Å²) in [6.07, 6.45) is 2.74. The van der Waals surface area contributed by atoms with Crippen molar-refractivity contribution in [3.05, 3.63) is 35.4 Å². The highest BCUT2D eigenvalue weighted by Crippen LogP contribution is 2.42. The zero-order valence-corrected chi connectivity index (χ0v) is 14.8. The van der Waals surface area contributed by atoms with E-state index in [1.54, 1.807) is 5.56 Å². The van der Waals surface area contributed by atoms with Gasteiger partial charge in [0, 0.05) is 26.2 Å². The van der Waals surface area contributed by atoms with Gasteiger partial charge in [-0.05, 0) is 48.9 Å². The molecule has 1 aromatic carbocycles. The number of nitrogens with zero attached hydrogens (tertiary/aromatic N) is 2. The Kier molecular flexibility index (Phi) is 6.09. The van der Waals surface area contributed by atoms with Gasteiger partial charge in [0.15, 0.2) is 0 Å². The normalized spacial score (nSPS) is 25.5. The molecule has 1 saturated carbocycles. The quantitative estimate of drug-likeness (QED) is 0.767. The molecule has 3 rings (SSSR count). The second kappa shape index (κ2) is 8.27. The van der Waals surface area contributed by atoms with Crippen LogP contribution in [0.5, 0.6) is 0 Å². The molecule has 0 aromatic heterocycles. The third-order valence-electron chi connectivity index (χ3n) is 5.61. The maximum atomic E-state index is 5.43. The minimum Gasteiger partial charge on any atom is -0.379 e. The monoisotopic (exact) mass is 316 g/mol. The molecular weight excluding hydrogens is 284 g/mol. The van der Waals surface area contributed by atoms with Crippen molar-refractivity contribution < 1.29 is 4.74 Å². The van der Waals surface area contributed by atoms with Crippen LogP contribution in [0.15, 0.2) is 24.3 Å². The largest absolute Gasteiger partial charge is 0.379 e. The zero-order chi connectivity index (χ0) is 16.1. The smallest absolute Gasteiger partial charge is 0.0594 e. The number of hydrogen-bond acceptors (Lipinski definition) is 3. The molecule has 1 heterocycles. The first-order chi connectivity index (χ1) is 11.3. The Morgan fingerprint density at radius 2 is 1.70 bits per heavy atom. The third kappa shape index (κ3) is 4.56. The lowest BCUT2D eigenvalue weighted by molar-refractivity contribution is 0.0217. The maximum Gasteiger partial charge on any atom is 0.0594 e. The summed E-state index contributed by atoms with van der Waals surface area (Å²) in [4.78, 5) is 5.05. The fourth-order valence-corrected chi connectivity index (χ4v) is 3.91. The minimum atomic E-state index is 0.795. The van der Waals surface area contributed by atoms with E-state index in [4.69, 9.17) is 4.74 Å². The predicted molar refractivity (Wildman–Crippen MR) is 95.8 cm³/mol. The predicted octanol–water partition coefficient (Wildman–Crippen LogP) is 3.35. The van der Waals surface area contributed by atoms with Crippen LogP contribution in [0.25, 0.3) is 0 Å². The molecule has 0 spiro atoms. The molecule has 0 unspecified atom stereocenters. The fourth-order valence-electron chi connectivity index (χ4n) is 3.91. The van der Waals surface area contributed by atoms with Crippen LogP contribution in [0.1, 0.15) is 43.7 Å². The van der Waals surface area contributed by atoms with Gasteiger partial charge in [0.05, 0.1) is 13.2 Å². The van der Waals surface area contributed by atoms with Gasteiger partial charge in [-0.25, -0.2) is 0 Å². The number of hydrogen-bond donors (Lipinski definition) is 0. The molecule has 1 saturated heterocycles. The van der Waals surface area contributed by atoms with Crippen molar-refractivity contribution in [3.63, 3.8) is 0 Å². The molecule has 3 nitrogen and oxygen atoms in total. The van der Waals surface area contributed by atoms with Gasteiger partial charge in [0.25, 0.3) is 0 Å². The van der Waals surface area contributed by atoms with E-state index in [1.165, 1.54) is 24.9 Å². The summed E-state index contributed by atoms with van der Waals surface area (Å²) in [7, 11) is 0. The molecule has 2 fully saturated rings. The summed E-state index contributed by atoms with van der Waals surface area (Å²) >= 11 is 0. The van der Waals surface area contributed by atoms with Crippen LogP contribution in [0.4, 0.5) is 0 Å². The Bertz CT molecular complexity index is 457. The zero-order valence-electron chi connectivity index (χ0n) is 14.8. The standard InChI is InChI=1S/C20H32N2O/c1-3-21(4-2)15-17-5-7-19(8-6-17)20-13-18(14-20)16-22-9-11-23-12-10-22/h5-8,18,20H,3-4,9-16H2,1-2H3. The van der Waals surface area contributed by atoms with Gasteiger partial charge in [-0.2, -0.15) is 0 Å². The van der Waals surface area contributed by atoms with Gasteiger partial charge in [-0.1, -0.05) is 38.1 Å². The van der Waals surface area contributed by atoms with E-state index in [1.807, 2.05) is 0 Å². The fraction of sp³-hybridized carbons (Fsp3) is 0.700. The first-order valence-corrected chi connectivity index (χ1v) is 9.39. The molecule has 2 aliphatic rings. The molecule has 0 radical (unpaired) electrons. The van der Waals surface area contributed by atoms with Crippen LogP contribution in [0.3, 0.4) is 0 Å². The summed E-state index contributed by atoms with van der Waals surface area (Å²) in [6.45, 7) is 13.2. The van der Waals surface area contributed by atoms with Gasteiger partial charge in [-0.3, -0.25) is 9.80 Å². The average Bonchev–Trinajstić information content (AvgIpc) is 2.57. The van der Waals surface area contributed by atoms with Crippen LogP contribution < -0.4 is 0 Å². The van der Waals surface area contributed by atoms with Crippen LogP contribution in [0, 0.1) is 5.92 Å². The Morgan fingerprint density at radius 1 is 1.04 bits per heavy atom. The second-order valence-electron chi connectivity index (χ2n) is 7.15. The molecule has 0 atom stereocenters. The van der Waals surface area contributed by atoms with E-state index in [2.05, 4.69) is 47.9 Å². The maximum absolute atomic E-state index is 5.43. The summed E-state index contributed by atoms with van der Waals surface area (Å²) < 4.78 is 5.43. The van der Waals surface area contributed by atoms with Crippen molar-refractivity contribution in [2.45, 2.75) is 39.2 Å². The average molecular weight is 316 g/mol. The summed E-state index contributed by atoms with van der Waals surface area (Å²) in [5, 5.41) is 0. The van der Waals surface area contributed by atoms with Crippen LogP contribution in [-0.2, 0) is 11.3 Å².